The Labute approximate surface area is 159 Å². The van der Waals surface area contributed by atoms with E-state index < -0.39 is 0 Å². The number of nitrogen functional groups attached to an aromatic ring is 1. The Morgan fingerprint density at radius 3 is 2.69 bits per heavy atom. The number of nitrogens with two attached hydrogens (primary N) is 1. The fraction of sp³-hybridized carbons (Fsp3) is 0.118. The van der Waals surface area contributed by atoms with Gasteiger partial charge in [-0.05, 0) is 48.6 Å². The first-order valence-corrected chi connectivity index (χ1v) is 8.42. The van der Waals surface area contributed by atoms with E-state index >= 15 is 0 Å². The highest BCUT2D eigenvalue weighted by Crippen LogP contribution is 2.17. The summed E-state index contributed by atoms with van der Waals surface area (Å²) in [5.74, 6) is 0.706. The molecule has 0 aliphatic carbocycles. The molecule has 3 rings (SSSR count). The van der Waals surface area contributed by atoms with Gasteiger partial charge in [0.2, 0.25) is 10.7 Å². The van der Waals surface area contributed by atoms with E-state index in [0.717, 1.165) is 11.4 Å². The standard InChI is InChI=1S/C17H16ClN5O2S/c1-25-14-7-5-13(6-8-14)20-23-16(19)21-22(17(23)26)10-15(24)11-3-2-4-12(18)9-11/h2-9,20H,10H2,1H3,(H2,19,21). The summed E-state index contributed by atoms with van der Waals surface area (Å²) >= 11 is 11.3. The lowest BCUT2D eigenvalue weighted by Crippen LogP contribution is -2.14. The number of ketones is 1. The van der Waals surface area contributed by atoms with Crippen molar-refractivity contribution in [1.29, 1.82) is 0 Å². The van der Waals surface area contributed by atoms with Crippen molar-refractivity contribution in [2.75, 3.05) is 18.3 Å². The number of halogens is 1. The average Bonchev–Trinajstić information content (AvgIpc) is 2.89. The molecule has 0 saturated heterocycles. The summed E-state index contributed by atoms with van der Waals surface area (Å²) in [7, 11) is 1.59. The Kier molecular flexibility index (Phi) is 5.24. The van der Waals surface area contributed by atoms with Crippen molar-refractivity contribution >= 4 is 41.2 Å². The second-order valence-corrected chi connectivity index (χ2v) is 6.21. The maximum absolute atomic E-state index is 12.4. The number of nitrogens with zero attached hydrogens (tertiary/aromatic N) is 3. The fourth-order valence-electron chi connectivity index (χ4n) is 2.32. The second kappa shape index (κ2) is 7.59. The van der Waals surface area contributed by atoms with Crippen LogP contribution in [0.1, 0.15) is 10.4 Å². The monoisotopic (exact) mass is 389 g/mol. The minimum atomic E-state index is -0.169. The summed E-state index contributed by atoms with van der Waals surface area (Å²) in [6.07, 6.45) is 0. The molecule has 0 amide bonds. The van der Waals surface area contributed by atoms with Crippen LogP contribution in [0.4, 0.5) is 11.6 Å². The molecule has 0 unspecified atom stereocenters. The van der Waals surface area contributed by atoms with E-state index in [1.165, 1.54) is 9.36 Å². The SMILES string of the molecule is COc1ccc(Nn2c(N)nn(CC(=O)c3cccc(Cl)c3)c2=S)cc1. The summed E-state index contributed by atoms with van der Waals surface area (Å²) in [5, 5.41) is 4.63. The zero-order valence-electron chi connectivity index (χ0n) is 13.8. The van der Waals surface area contributed by atoms with E-state index in [1.54, 1.807) is 43.5 Å². The number of hydrogen-bond donors (Lipinski definition) is 2. The molecule has 7 nitrogen and oxygen atoms in total. The lowest BCUT2D eigenvalue weighted by atomic mass is 10.1. The Morgan fingerprint density at radius 1 is 1.31 bits per heavy atom. The van der Waals surface area contributed by atoms with Gasteiger partial charge in [0, 0.05) is 10.6 Å². The van der Waals surface area contributed by atoms with E-state index in [2.05, 4.69) is 10.5 Å². The van der Waals surface area contributed by atoms with Crippen molar-refractivity contribution in [1.82, 2.24) is 14.5 Å². The second-order valence-electron chi connectivity index (χ2n) is 5.41. The molecule has 0 radical (unpaired) electrons. The van der Waals surface area contributed by atoms with Crippen molar-refractivity contribution in [2.24, 2.45) is 0 Å². The predicted molar refractivity (Wildman–Crippen MR) is 103 cm³/mol. The van der Waals surface area contributed by atoms with Gasteiger partial charge in [0.15, 0.2) is 5.78 Å². The number of carbonyl (C=O) groups excluding carboxylic acids is 1. The zero-order chi connectivity index (χ0) is 18.7. The highest BCUT2D eigenvalue weighted by atomic mass is 35.5. The molecule has 2 aromatic carbocycles. The molecular formula is C17H16ClN5O2S. The van der Waals surface area contributed by atoms with Gasteiger partial charge in [0.05, 0.1) is 12.8 Å². The number of anilines is 2. The van der Waals surface area contributed by atoms with E-state index in [9.17, 15) is 4.79 Å². The Balaban J connectivity index is 1.81. The van der Waals surface area contributed by atoms with E-state index in [-0.39, 0.29) is 23.0 Å². The number of methoxy groups -OCH3 is 1. The molecule has 0 spiro atoms. The number of Topliss-reactive ketones (excluding diaryl/α,β-unsaturated/α-hetero) is 1. The third kappa shape index (κ3) is 3.87. The lowest BCUT2D eigenvalue weighted by molar-refractivity contribution is 0.0967. The molecule has 3 N–H and O–H groups in total. The summed E-state index contributed by atoms with van der Waals surface area (Å²) in [4.78, 5) is 12.4. The van der Waals surface area contributed by atoms with Gasteiger partial charge in [-0.1, -0.05) is 23.7 Å². The van der Waals surface area contributed by atoms with Crippen LogP contribution < -0.4 is 15.9 Å². The first kappa shape index (κ1) is 18.0. The smallest absolute Gasteiger partial charge is 0.240 e. The van der Waals surface area contributed by atoms with Crippen LogP contribution in [-0.2, 0) is 6.54 Å². The molecule has 0 fully saturated rings. The van der Waals surface area contributed by atoms with Gasteiger partial charge >= 0.3 is 0 Å². The van der Waals surface area contributed by atoms with Crippen molar-refractivity contribution in [3.63, 3.8) is 0 Å². The summed E-state index contributed by atoms with van der Waals surface area (Å²) in [6, 6.07) is 13.9. The van der Waals surface area contributed by atoms with E-state index in [4.69, 9.17) is 34.3 Å². The predicted octanol–water partition coefficient (Wildman–Crippen LogP) is 3.42. The number of ether oxygens (including phenoxy) is 1. The van der Waals surface area contributed by atoms with E-state index in [1.807, 2.05) is 12.1 Å². The Morgan fingerprint density at radius 2 is 2.04 bits per heavy atom. The van der Waals surface area contributed by atoms with Crippen molar-refractivity contribution in [3.8, 4) is 5.75 Å². The van der Waals surface area contributed by atoms with Crippen LogP contribution >= 0.6 is 23.8 Å². The Hall–Kier alpha value is -2.84. The molecule has 0 aliphatic heterocycles. The molecular weight excluding hydrogens is 374 g/mol. The molecule has 0 aliphatic rings. The Bertz CT molecular complexity index is 997. The van der Waals surface area contributed by atoms with Crippen LogP contribution in [0.15, 0.2) is 48.5 Å². The minimum Gasteiger partial charge on any atom is -0.497 e. The first-order valence-electron chi connectivity index (χ1n) is 7.63. The summed E-state index contributed by atoms with van der Waals surface area (Å²) in [5.41, 5.74) is 10.2. The molecule has 1 aromatic heterocycles. The van der Waals surface area contributed by atoms with Crippen LogP contribution in [0.3, 0.4) is 0 Å². The number of hydrogen-bond acceptors (Lipinski definition) is 6. The van der Waals surface area contributed by atoms with Gasteiger partial charge in [0.25, 0.3) is 0 Å². The van der Waals surface area contributed by atoms with Crippen LogP contribution in [0.2, 0.25) is 5.02 Å². The quantitative estimate of drug-likeness (QED) is 0.496. The van der Waals surface area contributed by atoms with Gasteiger partial charge in [-0.3, -0.25) is 10.2 Å². The molecule has 134 valence electrons. The molecule has 3 aromatic rings. The maximum Gasteiger partial charge on any atom is 0.240 e. The van der Waals surface area contributed by atoms with Gasteiger partial charge < -0.3 is 10.5 Å². The third-order valence-electron chi connectivity index (χ3n) is 3.64. The van der Waals surface area contributed by atoms with E-state index in [0.29, 0.717) is 10.6 Å². The lowest BCUT2D eigenvalue weighted by Gasteiger charge is -2.08. The largest absolute Gasteiger partial charge is 0.497 e. The topological polar surface area (TPSA) is 87.1 Å². The minimum absolute atomic E-state index is 0.0410. The van der Waals surface area contributed by atoms with Crippen molar-refractivity contribution in [3.05, 3.63) is 63.9 Å². The zero-order valence-corrected chi connectivity index (χ0v) is 15.4. The number of rotatable bonds is 6. The normalized spacial score (nSPS) is 10.5. The number of carbonyl (C=O) groups is 1. The molecule has 9 heteroatoms. The van der Waals surface area contributed by atoms with Gasteiger partial charge in [-0.15, -0.1) is 5.10 Å². The highest BCUT2D eigenvalue weighted by molar-refractivity contribution is 7.71. The average molecular weight is 390 g/mol. The number of aromatic nitrogens is 3. The summed E-state index contributed by atoms with van der Waals surface area (Å²) in [6.45, 7) is -0.0410. The van der Waals surface area contributed by atoms with Gasteiger partial charge in [-0.25, -0.2) is 4.68 Å². The highest BCUT2D eigenvalue weighted by Gasteiger charge is 2.13. The van der Waals surface area contributed by atoms with Crippen LogP contribution in [0.5, 0.6) is 5.75 Å². The number of benzene rings is 2. The van der Waals surface area contributed by atoms with Gasteiger partial charge in [-0.2, -0.15) is 4.68 Å². The maximum atomic E-state index is 12.4. The van der Waals surface area contributed by atoms with Gasteiger partial charge in [0.1, 0.15) is 12.3 Å². The molecule has 0 bridgehead atoms. The third-order valence-corrected chi connectivity index (χ3v) is 4.26. The van der Waals surface area contributed by atoms with Crippen LogP contribution in [0.25, 0.3) is 0 Å². The molecule has 0 atom stereocenters. The number of nitrogens with one attached hydrogen (secondary N) is 1. The summed E-state index contributed by atoms with van der Waals surface area (Å²) < 4.78 is 8.19. The molecule has 1 heterocycles. The fourth-order valence-corrected chi connectivity index (χ4v) is 2.75. The van der Waals surface area contributed by atoms with Crippen LogP contribution in [0, 0.1) is 4.77 Å². The van der Waals surface area contributed by atoms with Crippen LogP contribution in [-0.4, -0.2) is 27.3 Å². The molecule has 0 saturated carbocycles. The first-order chi connectivity index (χ1) is 12.5. The van der Waals surface area contributed by atoms with Crippen molar-refractivity contribution in [2.45, 2.75) is 6.54 Å². The molecule has 26 heavy (non-hydrogen) atoms. The van der Waals surface area contributed by atoms with Crippen molar-refractivity contribution < 1.29 is 9.53 Å².